The summed E-state index contributed by atoms with van der Waals surface area (Å²) in [4.78, 5) is 34.9. The number of aryl methyl sites for hydroxylation is 1. The predicted molar refractivity (Wildman–Crippen MR) is 148 cm³/mol. The Morgan fingerprint density at radius 1 is 1.00 bits per heavy atom. The van der Waals surface area contributed by atoms with Crippen molar-refractivity contribution < 1.29 is 28.7 Å². The lowest BCUT2D eigenvalue weighted by Crippen LogP contribution is -2.65. The molecule has 39 heavy (non-hydrogen) atoms. The fraction of sp³-hybridized carbons (Fsp3) is 0.344. The van der Waals surface area contributed by atoms with Gasteiger partial charge in [0.05, 0.1) is 13.1 Å². The summed E-state index contributed by atoms with van der Waals surface area (Å²) in [6.07, 6.45) is 2.74. The first kappa shape index (κ1) is 28.0. The highest BCUT2D eigenvalue weighted by Crippen LogP contribution is 2.36. The molecule has 0 amide bonds. The Morgan fingerprint density at radius 2 is 1.64 bits per heavy atom. The molecule has 204 valence electrons. The summed E-state index contributed by atoms with van der Waals surface area (Å²) in [6.45, 7) is 4.75. The van der Waals surface area contributed by atoms with Crippen molar-refractivity contribution >= 4 is 23.9 Å². The molecule has 3 saturated heterocycles. The number of benzene rings is 3. The van der Waals surface area contributed by atoms with E-state index in [-0.39, 0.29) is 17.9 Å². The van der Waals surface area contributed by atoms with Crippen LogP contribution in [-0.4, -0.2) is 55.0 Å². The second kappa shape index (κ2) is 13.2. The number of ketones is 1. The van der Waals surface area contributed by atoms with Crippen LogP contribution in [0.4, 0.5) is 5.69 Å². The largest absolute Gasteiger partial charge is 0.554 e. The van der Waals surface area contributed by atoms with Crippen molar-refractivity contribution in [2.75, 3.05) is 31.5 Å². The molecular weight excluding hydrogens is 492 g/mol. The lowest BCUT2D eigenvalue weighted by Gasteiger charge is -2.51. The maximum absolute atomic E-state index is 13.6. The first-order chi connectivity index (χ1) is 19.0. The molecule has 0 aliphatic carbocycles. The van der Waals surface area contributed by atoms with Crippen LogP contribution in [0.2, 0.25) is 0 Å². The van der Waals surface area contributed by atoms with Gasteiger partial charge >= 0.3 is 5.97 Å². The highest BCUT2D eigenvalue weighted by Gasteiger charge is 2.49. The summed E-state index contributed by atoms with van der Waals surface area (Å²) in [5, 5.41) is 11.7. The molecule has 7 heteroatoms. The molecular formula is C32H36N2O5. The second-order valence-electron chi connectivity index (χ2n) is 10.4. The number of carbonyl (C=O) groups excluding carboxylic acids is 3. The lowest BCUT2D eigenvalue weighted by atomic mass is 9.82. The Hall–Kier alpha value is -3.97. The van der Waals surface area contributed by atoms with Gasteiger partial charge in [0.2, 0.25) is 5.78 Å². The zero-order valence-electron chi connectivity index (χ0n) is 22.3. The number of esters is 1. The third kappa shape index (κ3) is 7.12. The maximum Gasteiger partial charge on any atom is 0.333 e. The molecule has 3 fully saturated rings. The first-order valence-electron chi connectivity index (χ1n) is 13.6. The quantitative estimate of drug-likeness (QED) is 0.196. The SMILES string of the molecule is CCc1cccc(NC(C(=O)O[C@H]2C[N+]3(CC(=O)c4ccccc4)CCC2CC3)c2ccccc2)c1.O=C[O-]. The van der Waals surface area contributed by atoms with Gasteiger partial charge in [-0.05, 0) is 29.7 Å². The number of carbonyl (C=O) groups is 3. The van der Waals surface area contributed by atoms with Gasteiger partial charge in [-0.1, -0.05) is 79.7 Å². The molecule has 3 aromatic rings. The van der Waals surface area contributed by atoms with Crippen molar-refractivity contribution in [3.63, 3.8) is 0 Å². The molecule has 0 aromatic heterocycles. The molecule has 1 N–H and O–H groups in total. The monoisotopic (exact) mass is 528 g/mol. The Morgan fingerprint density at radius 3 is 2.28 bits per heavy atom. The number of nitrogens with one attached hydrogen (secondary N) is 1. The van der Waals surface area contributed by atoms with E-state index in [0.717, 1.165) is 49.2 Å². The number of nitrogens with zero attached hydrogens (tertiary/aromatic N) is 1. The molecule has 0 radical (unpaired) electrons. The predicted octanol–water partition coefficient (Wildman–Crippen LogP) is 3.80. The van der Waals surface area contributed by atoms with E-state index in [2.05, 4.69) is 24.4 Å². The normalized spacial score (nSPS) is 22.1. The van der Waals surface area contributed by atoms with Gasteiger partial charge in [-0.15, -0.1) is 0 Å². The zero-order valence-corrected chi connectivity index (χ0v) is 22.3. The van der Waals surface area contributed by atoms with Crippen molar-refractivity contribution in [1.82, 2.24) is 0 Å². The summed E-state index contributed by atoms with van der Waals surface area (Å²) < 4.78 is 6.97. The van der Waals surface area contributed by atoms with E-state index in [1.54, 1.807) is 0 Å². The van der Waals surface area contributed by atoms with Crippen LogP contribution >= 0.6 is 0 Å². The van der Waals surface area contributed by atoms with Gasteiger partial charge < -0.3 is 24.4 Å². The molecule has 7 nitrogen and oxygen atoms in total. The van der Waals surface area contributed by atoms with Crippen molar-refractivity contribution in [1.29, 1.82) is 0 Å². The molecule has 3 aliphatic heterocycles. The van der Waals surface area contributed by atoms with Crippen LogP contribution in [0.15, 0.2) is 84.9 Å². The van der Waals surface area contributed by atoms with Crippen molar-refractivity contribution in [2.24, 2.45) is 5.92 Å². The Bertz CT molecular complexity index is 1240. The molecule has 3 aromatic carbocycles. The van der Waals surface area contributed by atoms with Crippen LogP contribution in [0, 0.1) is 5.92 Å². The van der Waals surface area contributed by atoms with Crippen LogP contribution in [0.25, 0.3) is 0 Å². The van der Waals surface area contributed by atoms with Crippen LogP contribution in [0.5, 0.6) is 0 Å². The average molecular weight is 529 g/mol. The summed E-state index contributed by atoms with van der Waals surface area (Å²) >= 11 is 0. The number of ether oxygens (including phenoxy) is 1. The van der Waals surface area contributed by atoms with Gasteiger partial charge in [-0.2, -0.15) is 0 Å². The van der Waals surface area contributed by atoms with Gasteiger partial charge in [-0.25, -0.2) is 4.79 Å². The van der Waals surface area contributed by atoms with E-state index in [1.165, 1.54) is 5.56 Å². The topological polar surface area (TPSA) is 95.5 Å². The number of piperidine rings is 3. The number of quaternary nitrogens is 1. The van der Waals surface area contributed by atoms with Gasteiger partial charge in [0.25, 0.3) is 0 Å². The fourth-order valence-electron chi connectivity index (χ4n) is 5.79. The highest BCUT2D eigenvalue weighted by molar-refractivity contribution is 5.97. The first-order valence-corrected chi connectivity index (χ1v) is 13.6. The minimum atomic E-state index is -0.590. The molecule has 1 unspecified atom stereocenters. The Labute approximate surface area is 230 Å². The third-order valence-corrected chi connectivity index (χ3v) is 7.90. The molecule has 6 rings (SSSR count). The summed E-state index contributed by atoms with van der Waals surface area (Å²) in [6, 6.07) is 26.9. The molecule has 2 bridgehead atoms. The third-order valence-electron chi connectivity index (χ3n) is 7.90. The van der Waals surface area contributed by atoms with E-state index >= 15 is 0 Å². The number of anilines is 1. The number of hydrogen-bond donors (Lipinski definition) is 1. The number of rotatable bonds is 9. The van der Waals surface area contributed by atoms with Crippen LogP contribution in [0.1, 0.15) is 47.3 Å². The van der Waals surface area contributed by atoms with E-state index in [4.69, 9.17) is 14.6 Å². The maximum atomic E-state index is 13.6. The van der Waals surface area contributed by atoms with Gasteiger partial charge in [0.15, 0.2) is 12.1 Å². The average Bonchev–Trinajstić information content (AvgIpc) is 2.97. The number of hydrogen-bond acceptors (Lipinski definition) is 6. The fourth-order valence-corrected chi connectivity index (χ4v) is 5.79. The van der Waals surface area contributed by atoms with Crippen molar-refractivity contribution in [3.05, 3.63) is 102 Å². The lowest BCUT2D eigenvalue weighted by molar-refractivity contribution is -0.938. The van der Waals surface area contributed by atoms with E-state index < -0.39 is 12.5 Å². The smallest absolute Gasteiger partial charge is 0.333 e. The minimum Gasteiger partial charge on any atom is -0.554 e. The zero-order chi connectivity index (χ0) is 27.7. The van der Waals surface area contributed by atoms with Crippen LogP contribution < -0.4 is 10.4 Å². The summed E-state index contributed by atoms with van der Waals surface area (Å²) in [7, 11) is 0. The highest BCUT2D eigenvalue weighted by atomic mass is 16.5. The number of carboxylic acid groups (broad SMARTS) is 1. The molecule has 0 spiro atoms. The van der Waals surface area contributed by atoms with E-state index in [0.29, 0.717) is 23.5 Å². The minimum absolute atomic E-state index is 0.167. The Kier molecular flexibility index (Phi) is 9.49. The molecule has 2 atom stereocenters. The molecule has 0 saturated carbocycles. The Balaban J connectivity index is 0.00000112. The molecule has 3 heterocycles. The van der Waals surface area contributed by atoms with E-state index in [1.807, 2.05) is 72.8 Å². The van der Waals surface area contributed by atoms with Gasteiger partial charge in [0.1, 0.15) is 13.1 Å². The second-order valence-corrected chi connectivity index (χ2v) is 10.4. The summed E-state index contributed by atoms with van der Waals surface area (Å²) in [5.74, 6) is 0.274. The number of fused-ring (bicyclic) bond motifs is 3. The molecule has 3 aliphatic rings. The standard InChI is InChI=1S/C31H35N2O3.CH2O2/c1-2-23-10-9-15-27(20-23)32-30(26-13-7-4-8-14-26)31(35)36-29-22-33(18-16-25(29)17-19-33)21-28(34)24-11-5-3-6-12-24;2-1-3/h3-15,20,25,29-30,32H,2,16-19,21-22H2,1H3;1H,(H,2,3)/q+1;/p-1/t25?,29-,30?,33?;/m0./s1. The van der Waals surface area contributed by atoms with Crippen LogP contribution in [-0.2, 0) is 20.7 Å². The number of Topliss-reactive ketones (excluding diaryl/α,β-unsaturated/α-hetero) is 1. The van der Waals surface area contributed by atoms with Crippen LogP contribution in [0.3, 0.4) is 0 Å². The summed E-state index contributed by atoms with van der Waals surface area (Å²) in [5.41, 5.74) is 3.76. The van der Waals surface area contributed by atoms with E-state index in [9.17, 15) is 9.59 Å². The van der Waals surface area contributed by atoms with Gasteiger partial charge in [-0.3, -0.25) is 4.79 Å². The van der Waals surface area contributed by atoms with Gasteiger partial charge in [0, 0.05) is 36.5 Å². The van der Waals surface area contributed by atoms with Crippen molar-refractivity contribution in [2.45, 2.75) is 38.3 Å². The van der Waals surface area contributed by atoms with Crippen molar-refractivity contribution in [3.8, 4) is 0 Å².